The zero-order valence-electron chi connectivity index (χ0n) is 15.0. The lowest BCUT2D eigenvalue weighted by atomic mass is 10.1. The van der Waals surface area contributed by atoms with E-state index in [0.717, 1.165) is 35.5 Å². The maximum absolute atomic E-state index is 12.8. The van der Waals surface area contributed by atoms with Gasteiger partial charge in [-0.1, -0.05) is 36.4 Å². The van der Waals surface area contributed by atoms with E-state index in [1.807, 2.05) is 50.4 Å². The molecule has 0 spiro atoms. The molecule has 0 bridgehead atoms. The molecule has 1 aliphatic heterocycles. The number of nitrogens with one attached hydrogen (secondary N) is 1. The Morgan fingerprint density at radius 1 is 1.04 bits per heavy atom. The zero-order chi connectivity index (χ0) is 18.1. The quantitative estimate of drug-likeness (QED) is 0.753. The number of hydrogen-bond donors (Lipinski definition) is 1. The van der Waals surface area contributed by atoms with Crippen LogP contribution >= 0.6 is 0 Å². The molecule has 26 heavy (non-hydrogen) atoms. The van der Waals surface area contributed by atoms with E-state index in [1.54, 1.807) is 6.20 Å². The number of aryl methyl sites for hydroxylation is 2. The minimum absolute atomic E-state index is 0.135. The average molecular weight is 343 g/mol. The van der Waals surface area contributed by atoms with Gasteiger partial charge in [0.1, 0.15) is 0 Å². The van der Waals surface area contributed by atoms with E-state index in [-0.39, 0.29) is 5.91 Å². The molecule has 0 aliphatic carbocycles. The van der Waals surface area contributed by atoms with Crippen molar-refractivity contribution in [3.8, 4) is 0 Å². The second-order valence-corrected chi connectivity index (χ2v) is 6.68. The molecule has 0 atom stereocenters. The number of para-hydroxylation sites is 2. The molecule has 130 valence electrons. The van der Waals surface area contributed by atoms with Crippen molar-refractivity contribution >= 4 is 23.0 Å². The number of pyridine rings is 1. The third-order valence-corrected chi connectivity index (χ3v) is 4.90. The molecule has 4 heteroatoms. The predicted molar refractivity (Wildman–Crippen MR) is 105 cm³/mol. The molecule has 3 aromatic rings. The summed E-state index contributed by atoms with van der Waals surface area (Å²) in [5.41, 5.74) is 7.01. The van der Waals surface area contributed by atoms with Crippen LogP contribution < -0.4 is 10.2 Å². The highest BCUT2D eigenvalue weighted by Gasteiger charge is 2.21. The summed E-state index contributed by atoms with van der Waals surface area (Å²) < 4.78 is 0. The van der Waals surface area contributed by atoms with E-state index in [2.05, 4.69) is 33.4 Å². The second-order valence-electron chi connectivity index (χ2n) is 6.68. The van der Waals surface area contributed by atoms with Gasteiger partial charge in [-0.15, -0.1) is 0 Å². The number of hydrogen-bond acceptors (Lipinski definition) is 3. The van der Waals surface area contributed by atoms with Gasteiger partial charge in [0.2, 0.25) is 0 Å². The van der Waals surface area contributed by atoms with Crippen molar-refractivity contribution in [2.75, 3.05) is 16.8 Å². The van der Waals surface area contributed by atoms with E-state index in [4.69, 9.17) is 0 Å². The standard InChI is InChI=1S/C22H21N3O/c1-15-6-5-7-16(2)21(15)24-22(26)18-12-19(14-23-13-18)25-11-10-17-8-3-4-9-20(17)25/h3-9,12-14H,10-11H2,1-2H3,(H,24,26). The van der Waals surface area contributed by atoms with Crippen molar-refractivity contribution in [3.05, 3.63) is 83.2 Å². The Kier molecular flexibility index (Phi) is 4.17. The van der Waals surface area contributed by atoms with E-state index >= 15 is 0 Å². The summed E-state index contributed by atoms with van der Waals surface area (Å²) in [6.45, 7) is 4.90. The first kappa shape index (κ1) is 16.3. The van der Waals surface area contributed by atoms with Gasteiger partial charge in [-0.3, -0.25) is 9.78 Å². The monoisotopic (exact) mass is 343 g/mol. The van der Waals surface area contributed by atoms with Crippen molar-refractivity contribution in [3.63, 3.8) is 0 Å². The van der Waals surface area contributed by atoms with Crippen molar-refractivity contribution < 1.29 is 4.79 Å². The largest absolute Gasteiger partial charge is 0.340 e. The van der Waals surface area contributed by atoms with Gasteiger partial charge in [0, 0.05) is 24.1 Å². The van der Waals surface area contributed by atoms with Crippen LogP contribution in [0, 0.1) is 13.8 Å². The van der Waals surface area contributed by atoms with Gasteiger partial charge in [-0.05, 0) is 49.1 Å². The van der Waals surface area contributed by atoms with Crippen LogP contribution in [-0.2, 0) is 6.42 Å². The van der Waals surface area contributed by atoms with E-state index < -0.39 is 0 Å². The molecule has 4 nitrogen and oxygen atoms in total. The van der Waals surface area contributed by atoms with Crippen molar-refractivity contribution in [1.82, 2.24) is 4.98 Å². The molecule has 0 fully saturated rings. The molecule has 0 unspecified atom stereocenters. The lowest BCUT2D eigenvalue weighted by Crippen LogP contribution is -2.17. The van der Waals surface area contributed by atoms with Crippen molar-refractivity contribution in [2.24, 2.45) is 0 Å². The predicted octanol–water partition coefficient (Wildman–Crippen LogP) is 4.64. The molecule has 1 aliphatic rings. The van der Waals surface area contributed by atoms with Crippen LogP contribution in [0.15, 0.2) is 60.9 Å². The summed E-state index contributed by atoms with van der Waals surface area (Å²) in [6.07, 6.45) is 4.45. The summed E-state index contributed by atoms with van der Waals surface area (Å²) >= 11 is 0. The summed E-state index contributed by atoms with van der Waals surface area (Å²) in [5, 5.41) is 3.03. The molecule has 1 N–H and O–H groups in total. The van der Waals surface area contributed by atoms with Crippen molar-refractivity contribution in [1.29, 1.82) is 0 Å². The number of carbonyl (C=O) groups is 1. The van der Waals surface area contributed by atoms with E-state index in [1.165, 1.54) is 11.3 Å². The normalized spacial score (nSPS) is 12.8. The summed E-state index contributed by atoms with van der Waals surface area (Å²) in [5.74, 6) is -0.135. The van der Waals surface area contributed by atoms with Gasteiger partial charge in [-0.25, -0.2) is 0 Å². The molecule has 2 heterocycles. The first-order valence-corrected chi connectivity index (χ1v) is 8.81. The molecular formula is C22H21N3O. The third kappa shape index (κ3) is 2.94. The maximum Gasteiger partial charge on any atom is 0.257 e. The highest BCUT2D eigenvalue weighted by Crippen LogP contribution is 2.34. The number of fused-ring (bicyclic) bond motifs is 1. The fourth-order valence-corrected chi connectivity index (χ4v) is 3.50. The van der Waals surface area contributed by atoms with Crippen LogP contribution in [0.4, 0.5) is 17.1 Å². The minimum Gasteiger partial charge on any atom is -0.340 e. The van der Waals surface area contributed by atoms with Crippen LogP contribution in [0.25, 0.3) is 0 Å². The van der Waals surface area contributed by atoms with Gasteiger partial charge in [0.15, 0.2) is 0 Å². The number of amides is 1. The Balaban J connectivity index is 1.61. The fraction of sp³-hybridized carbons (Fsp3) is 0.182. The Bertz CT molecular complexity index is 960. The van der Waals surface area contributed by atoms with Gasteiger partial charge in [0.25, 0.3) is 5.91 Å². The van der Waals surface area contributed by atoms with Gasteiger partial charge in [0.05, 0.1) is 17.4 Å². The van der Waals surface area contributed by atoms with Crippen LogP contribution in [-0.4, -0.2) is 17.4 Å². The molecule has 0 radical (unpaired) electrons. The van der Waals surface area contributed by atoms with Gasteiger partial charge >= 0.3 is 0 Å². The zero-order valence-corrected chi connectivity index (χ0v) is 15.0. The summed E-state index contributed by atoms with van der Waals surface area (Å²) in [6, 6.07) is 16.3. The number of benzene rings is 2. The number of aromatic nitrogens is 1. The highest BCUT2D eigenvalue weighted by molar-refractivity contribution is 6.05. The molecule has 1 amide bonds. The number of carbonyl (C=O) groups excluding carboxylic acids is 1. The summed E-state index contributed by atoms with van der Waals surface area (Å²) in [7, 11) is 0. The molecule has 2 aromatic carbocycles. The molecule has 0 saturated heterocycles. The van der Waals surface area contributed by atoms with Crippen LogP contribution in [0.2, 0.25) is 0 Å². The highest BCUT2D eigenvalue weighted by atomic mass is 16.1. The first-order valence-electron chi connectivity index (χ1n) is 8.81. The number of rotatable bonds is 3. The summed E-state index contributed by atoms with van der Waals surface area (Å²) in [4.78, 5) is 19.3. The Morgan fingerprint density at radius 3 is 2.62 bits per heavy atom. The smallest absolute Gasteiger partial charge is 0.257 e. The lowest BCUT2D eigenvalue weighted by molar-refractivity contribution is 0.102. The molecular weight excluding hydrogens is 322 g/mol. The molecule has 0 saturated carbocycles. The van der Waals surface area contributed by atoms with Crippen molar-refractivity contribution in [2.45, 2.75) is 20.3 Å². The molecule has 1 aromatic heterocycles. The lowest BCUT2D eigenvalue weighted by Gasteiger charge is -2.20. The van der Waals surface area contributed by atoms with Gasteiger partial charge < -0.3 is 10.2 Å². The van der Waals surface area contributed by atoms with Crippen LogP contribution in [0.1, 0.15) is 27.0 Å². The van der Waals surface area contributed by atoms with Crippen LogP contribution in [0.3, 0.4) is 0 Å². The number of nitrogens with zero attached hydrogens (tertiary/aromatic N) is 2. The topological polar surface area (TPSA) is 45.2 Å². The SMILES string of the molecule is Cc1cccc(C)c1NC(=O)c1cncc(N2CCc3ccccc32)c1. The average Bonchev–Trinajstić information content (AvgIpc) is 3.09. The minimum atomic E-state index is -0.135. The second kappa shape index (κ2) is 6.64. The Labute approximate surface area is 153 Å². The number of anilines is 3. The van der Waals surface area contributed by atoms with E-state index in [0.29, 0.717) is 5.56 Å². The van der Waals surface area contributed by atoms with E-state index in [9.17, 15) is 4.79 Å². The Morgan fingerprint density at radius 2 is 1.81 bits per heavy atom. The van der Waals surface area contributed by atoms with Crippen LogP contribution in [0.5, 0.6) is 0 Å². The third-order valence-electron chi connectivity index (χ3n) is 4.90. The molecule has 4 rings (SSSR count). The fourth-order valence-electron chi connectivity index (χ4n) is 3.50. The Hall–Kier alpha value is -3.14. The van der Waals surface area contributed by atoms with Gasteiger partial charge in [-0.2, -0.15) is 0 Å². The first-order chi connectivity index (χ1) is 12.6. The maximum atomic E-state index is 12.8.